The summed E-state index contributed by atoms with van der Waals surface area (Å²) < 4.78 is 34.4. The van der Waals surface area contributed by atoms with Gasteiger partial charge < -0.3 is 64.2 Å². The molecular formula is C57H110O14. The lowest BCUT2D eigenvalue weighted by Crippen LogP contribution is -2.61. The fraction of sp³-hybridized carbons (Fsp3) is 0.982. The van der Waals surface area contributed by atoms with E-state index in [0.717, 1.165) is 44.9 Å². The second-order valence-electron chi connectivity index (χ2n) is 21.2. The number of unbranched alkanes of at least 4 members (excludes halogenated alkanes) is 35. The van der Waals surface area contributed by atoms with E-state index >= 15 is 0 Å². The molecule has 14 heteroatoms. The number of carbonyl (C=O) groups is 1. The molecule has 0 amide bonds. The van der Waals surface area contributed by atoms with Crippen molar-refractivity contribution in [1.82, 2.24) is 0 Å². The molecule has 0 aromatic carbocycles. The number of aliphatic hydroxyl groups excluding tert-OH is 7. The van der Waals surface area contributed by atoms with E-state index in [1.807, 2.05) is 0 Å². The van der Waals surface area contributed by atoms with Crippen molar-refractivity contribution in [3.63, 3.8) is 0 Å². The minimum absolute atomic E-state index is 0.0703. The summed E-state index contributed by atoms with van der Waals surface area (Å²) in [6.45, 7) is 3.75. The van der Waals surface area contributed by atoms with Gasteiger partial charge in [0.25, 0.3) is 0 Å². The predicted octanol–water partition coefficient (Wildman–Crippen LogP) is 10.4. The van der Waals surface area contributed by atoms with Crippen molar-refractivity contribution in [2.45, 2.75) is 325 Å². The number of hydrogen-bond acceptors (Lipinski definition) is 14. The van der Waals surface area contributed by atoms with Crippen LogP contribution >= 0.6 is 0 Å². The summed E-state index contributed by atoms with van der Waals surface area (Å²) in [4.78, 5) is 13.1. The van der Waals surface area contributed by atoms with Crippen LogP contribution in [0.1, 0.15) is 258 Å². The van der Waals surface area contributed by atoms with Crippen LogP contribution in [0.3, 0.4) is 0 Å². The summed E-state index contributed by atoms with van der Waals surface area (Å²) in [5.41, 5.74) is 0. The number of esters is 1. The molecule has 0 aromatic rings. The summed E-state index contributed by atoms with van der Waals surface area (Å²) in [5, 5.41) is 72.2. The third kappa shape index (κ3) is 32.2. The van der Waals surface area contributed by atoms with E-state index in [4.69, 9.17) is 28.4 Å². The average molecular weight is 1020 g/mol. The van der Waals surface area contributed by atoms with Crippen molar-refractivity contribution >= 4 is 5.97 Å². The minimum Gasteiger partial charge on any atom is -0.457 e. The lowest BCUT2D eigenvalue weighted by atomic mass is 9.98. The van der Waals surface area contributed by atoms with Gasteiger partial charge in [-0.05, 0) is 12.8 Å². The molecule has 0 saturated carbocycles. The van der Waals surface area contributed by atoms with Gasteiger partial charge in [0.05, 0.1) is 26.4 Å². The van der Waals surface area contributed by atoms with E-state index in [2.05, 4.69) is 13.8 Å². The van der Waals surface area contributed by atoms with E-state index < -0.39 is 80.7 Å². The monoisotopic (exact) mass is 1020 g/mol. The van der Waals surface area contributed by atoms with Crippen LogP contribution in [-0.4, -0.2) is 142 Å². The zero-order valence-electron chi connectivity index (χ0n) is 45.2. The molecule has 0 spiro atoms. The van der Waals surface area contributed by atoms with Crippen molar-refractivity contribution in [3.05, 3.63) is 0 Å². The number of aliphatic hydroxyl groups is 7. The Morgan fingerprint density at radius 1 is 0.408 bits per heavy atom. The first-order chi connectivity index (χ1) is 34.6. The van der Waals surface area contributed by atoms with Gasteiger partial charge in [-0.3, -0.25) is 4.79 Å². The highest BCUT2D eigenvalue weighted by atomic mass is 16.7. The van der Waals surface area contributed by atoms with Gasteiger partial charge in [0.2, 0.25) is 0 Å². The van der Waals surface area contributed by atoms with Crippen LogP contribution in [0.2, 0.25) is 0 Å². The molecule has 2 aliphatic rings. The van der Waals surface area contributed by atoms with Crippen LogP contribution < -0.4 is 0 Å². The molecule has 14 nitrogen and oxygen atoms in total. The Morgan fingerprint density at radius 3 is 1.14 bits per heavy atom. The third-order valence-corrected chi connectivity index (χ3v) is 14.6. The number of rotatable bonds is 49. The zero-order valence-corrected chi connectivity index (χ0v) is 45.2. The molecule has 2 fully saturated rings. The number of ether oxygens (including phenoxy) is 6. The van der Waals surface area contributed by atoms with Gasteiger partial charge in [-0.2, -0.15) is 0 Å². The molecule has 0 aliphatic carbocycles. The van der Waals surface area contributed by atoms with Gasteiger partial charge in [0.15, 0.2) is 12.6 Å². The van der Waals surface area contributed by atoms with Crippen LogP contribution in [0.15, 0.2) is 0 Å². The number of carbonyl (C=O) groups excluding carboxylic acids is 1. The standard InChI is InChI=1S/C57H110O14/c1-3-5-7-9-11-13-15-17-18-19-20-21-22-23-24-25-26-27-28-29-30-32-34-36-38-40-49(59)69-46(43-66-41-39-37-35-33-31-16-14-12-10-8-6-4-2)44-67-56-55(65)53(63)51(61)48(71-56)45-68-57-54(64)52(62)50(60)47(42-58)70-57/h46-48,50-58,60-65H,3-45H2,1-2H3. The van der Waals surface area contributed by atoms with E-state index in [9.17, 15) is 40.5 Å². The van der Waals surface area contributed by atoms with Crippen LogP contribution in [0.25, 0.3) is 0 Å². The minimum atomic E-state index is -1.70. The van der Waals surface area contributed by atoms with E-state index in [1.54, 1.807) is 0 Å². The normalized spacial score (nSPS) is 25.2. The Hall–Kier alpha value is -1.01. The molecule has 71 heavy (non-hydrogen) atoms. The Balaban J connectivity index is 1.65. The molecule has 422 valence electrons. The molecule has 7 N–H and O–H groups in total. The molecule has 11 unspecified atom stereocenters. The van der Waals surface area contributed by atoms with E-state index in [0.29, 0.717) is 6.61 Å². The first-order valence-electron chi connectivity index (χ1n) is 29.6. The van der Waals surface area contributed by atoms with Crippen LogP contribution in [0.5, 0.6) is 0 Å². The van der Waals surface area contributed by atoms with Crippen molar-refractivity contribution < 1.29 is 69.0 Å². The quantitative estimate of drug-likeness (QED) is 0.0223. The third-order valence-electron chi connectivity index (χ3n) is 14.6. The van der Waals surface area contributed by atoms with Crippen molar-refractivity contribution in [3.8, 4) is 0 Å². The van der Waals surface area contributed by atoms with Gasteiger partial charge in [0, 0.05) is 13.0 Å². The molecule has 2 rings (SSSR count). The first-order valence-corrected chi connectivity index (χ1v) is 29.6. The summed E-state index contributed by atoms with van der Waals surface area (Å²) in [5.74, 6) is -0.368. The van der Waals surface area contributed by atoms with Gasteiger partial charge in [-0.1, -0.05) is 239 Å². The van der Waals surface area contributed by atoms with Gasteiger partial charge in [0.1, 0.15) is 54.9 Å². The predicted molar refractivity (Wildman–Crippen MR) is 280 cm³/mol. The lowest BCUT2D eigenvalue weighted by Gasteiger charge is -2.42. The highest BCUT2D eigenvalue weighted by Crippen LogP contribution is 2.27. The molecule has 2 saturated heterocycles. The second-order valence-corrected chi connectivity index (χ2v) is 21.2. The molecular weight excluding hydrogens is 909 g/mol. The number of hydrogen-bond donors (Lipinski definition) is 7. The average Bonchev–Trinajstić information content (AvgIpc) is 3.37. The molecule has 0 radical (unpaired) electrons. The fourth-order valence-corrected chi connectivity index (χ4v) is 9.82. The molecule has 0 bridgehead atoms. The molecule has 11 atom stereocenters. The largest absolute Gasteiger partial charge is 0.457 e. The highest BCUT2D eigenvalue weighted by molar-refractivity contribution is 5.69. The summed E-state index contributed by atoms with van der Waals surface area (Å²) >= 11 is 0. The van der Waals surface area contributed by atoms with Gasteiger partial charge in [-0.25, -0.2) is 0 Å². The SMILES string of the molecule is CCCCCCCCCCCCCCCCCCCCCCCCCCCC(=O)OC(COCCCCCCCCCCCCCC)COC1OC(COC2OC(CO)C(O)C(O)C2O)C(O)C(O)C1O. The second kappa shape index (κ2) is 45.2. The topological polar surface area (TPSA) is 214 Å². The Bertz CT molecular complexity index is 1180. The first kappa shape index (κ1) is 66.1. The Morgan fingerprint density at radius 2 is 0.746 bits per heavy atom. The summed E-state index contributed by atoms with van der Waals surface area (Å²) in [6, 6.07) is 0. The maximum atomic E-state index is 13.1. The highest BCUT2D eigenvalue weighted by Gasteiger charge is 2.47. The Kier molecular flexibility index (Phi) is 42.1. The molecule has 0 aromatic heterocycles. The van der Waals surface area contributed by atoms with Crippen molar-refractivity contribution in [1.29, 1.82) is 0 Å². The van der Waals surface area contributed by atoms with E-state index in [1.165, 1.54) is 193 Å². The van der Waals surface area contributed by atoms with Crippen LogP contribution in [0, 0.1) is 0 Å². The fourth-order valence-electron chi connectivity index (χ4n) is 9.82. The Labute approximate surface area is 432 Å². The van der Waals surface area contributed by atoms with Crippen molar-refractivity contribution in [2.75, 3.05) is 33.0 Å². The van der Waals surface area contributed by atoms with Gasteiger partial charge >= 0.3 is 5.97 Å². The molecule has 2 heterocycles. The van der Waals surface area contributed by atoms with Crippen LogP contribution in [-0.2, 0) is 33.2 Å². The van der Waals surface area contributed by atoms with Crippen molar-refractivity contribution in [2.24, 2.45) is 0 Å². The zero-order chi connectivity index (χ0) is 51.6. The van der Waals surface area contributed by atoms with E-state index in [-0.39, 0.29) is 25.6 Å². The summed E-state index contributed by atoms with van der Waals surface area (Å²) in [7, 11) is 0. The van der Waals surface area contributed by atoms with Gasteiger partial charge in [-0.15, -0.1) is 0 Å². The lowest BCUT2D eigenvalue weighted by molar-refractivity contribution is -0.332. The maximum absolute atomic E-state index is 13.1. The smallest absolute Gasteiger partial charge is 0.306 e. The summed E-state index contributed by atoms with van der Waals surface area (Å²) in [6.07, 6.45) is 31.8. The van der Waals surface area contributed by atoms with Crippen LogP contribution in [0.4, 0.5) is 0 Å². The molecule has 2 aliphatic heterocycles. The maximum Gasteiger partial charge on any atom is 0.306 e.